The first-order valence-corrected chi connectivity index (χ1v) is 6.90. The first kappa shape index (κ1) is 13.0. The first-order chi connectivity index (χ1) is 8.61. The van der Waals surface area contributed by atoms with Crippen molar-refractivity contribution >= 4 is 19.9 Å². The summed E-state index contributed by atoms with van der Waals surface area (Å²) in [6, 6.07) is 15.4. The van der Waals surface area contributed by atoms with Crippen LogP contribution in [-0.4, -0.2) is 9.79 Å². The van der Waals surface area contributed by atoms with Gasteiger partial charge in [-0.15, -0.1) is 0 Å². The fourth-order valence-electron chi connectivity index (χ4n) is 1.92. The van der Waals surface area contributed by atoms with E-state index in [0.29, 0.717) is 0 Å². The molecule has 2 aromatic carbocycles. The Hall–Kier alpha value is -1.41. The predicted molar refractivity (Wildman–Crippen MR) is 75.9 cm³/mol. The second-order valence-corrected chi connectivity index (χ2v) is 5.09. The summed E-state index contributed by atoms with van der Waals surface area (Å²) < 4.78 is 1.58. The summed E-state index contributed by atoms with van der Waals surface area (Å²) in [6.45, 7) is 3.92. The third-order valence-corrected chi connectivity index (χ3v) is 3.65. The first-order valence-electron chi connectivity index (χ1n) is 5.70. The van der Waals surface area contributed by atoms with Gasteiger partial charge in [-0.05, 0) is 37.1 Å². The molecule has 0 heterocycles. The Morgan fingerprint density at radius 2 is 1.17 bits per heavy atom. The molecule has 0 amide bonds. The van der Waals surface area contributed by atoms with Crippen molar-refractivity contribution < 1.29 is 9.79 Å². The molecule has 0 bridgehead atoms. The highest BCUT2D eigenvalue weighted by atomic mass is 31.2. The largest absolute Gasteiger partial charge is 0.333 e. The van der Waals surface area contributed by atoms with Gasteiger partial charge in [-0.25, -0.2) is 0 Å². The average Bonchev–Trinajstić information content (AvgIpc) is 2.34. The highest BCUT2D eigenvalue weighted by molar-refractivity contribution is 7.47. The van der Waals surface area contributed by atoms with Crippen LogP contribution in [-0.2, 0) is 0 Å². The van der Waals surface area contributed by atoms with Gasteiger partial charge in [0.15, 0.2) is 0 Å². The van der Waals surface area contributed by atoms with Gasteiger partial charge in [0, 0.05) is 0 Å². The third-order valence-electron chi connectivity index (χ3n) is 2.87. The van der Waals surface area contributed by atoms with E-state index in [4.69, 9.17) is 0 Å². The number of anilines is 2. The molecule has 0 fully saturated rings. The normalized spacial score (nSPS) is 10.7. The maximum absolute atomic E-state index is 9.71. The molecule has 2 aromatic rings. The summed E-state index contributed by atoms with van der Waals surface area (Å²) in [5, 5.41) is 0. The maximum Gasteiger partial charge on any atom is 0.289 e. The molecule has 0 unspecified atom stereocenters. The highest BCUT2D eigenvalue weighted by Gasteiger charge is 2.20. The summed E-state index contributed by atoms with van der Waals surface area (Å²) in [5.74, 6) is 0. The van der Waals surface area contributed by atoms with Gasteiger partial charge in [0.1, 0.15) is 0 Å². The van der Waals surface area contributed by atoms with Crippen LogP contribution in [0.5, 0.6) is 0 Å². The van der Waals surface area contributed by atoms with Crippen LogP contribution in [0.3, 0.4) is 0 Å². The molecule has 0 saturated heterocycles. The standard InChI is InChI=1S/C14H16NO2P/c1-11-7-3-5-9-13(11)15(18(16)17)14-10-6-4-8-12(14)2/h3-10,16-17H,1-2H3. The fourth-order valence-corrected chi connectivity index (χ4v) is 2.76. The Morgan fingerprint density at radius 3 is 1.50 bits per heavy atom. The van der Waals surface area contributed by atoms with Gasteiger partial charge < -0.3 is 9.79 Å². The molecule has 2 rings (SSSR count). The lowest BCUT2D eigenvalue weighted by molar-refractivity contribution is 0.483. The van der Waals surface area contributed by atoms with Gasteiger partial charge >= 0.3 is 0 Å². The minimum atomic E-state index is -2.22. The number of hydrogen-bond donors (Lipinski definition) is 2. The van der Waals surface area contributed by atoms with Crippen molar-refractivity contribution in [3.05, 3.63) is 59.7 Å². The zero-order chi connectivity index (χ0) is 13.1. The average molecular weight is 261 g/mol. The second kappa shape index (κ2) is 5.49. The van der Waals surface area contributed by atoms with Gasteiger partial charge in [0.05, 0.1) is 11.4 Å². The Morgan fingerprint density at radius 1 is 0.778 bits per heavy atom. The summed E-state index contributed by atoms with van der Waals surface area (Å²) in [4.78, 5) is 19.4. The Labute approximate surface area is 108 Å². The molecule has 0 aromatic heterocycles. The smallest absolute Gasteiger partial charge is 0.289 e. The molecule has 2 N–H and O–H groups in total. The summed E-state index contributed by atoms with van der Waals surface area (Å²) in [5.41, 5.74) is 3.67. The van der Waals surface area contributed by atoms with Crippen LogP contribution < -0.4 is 4.67 Å². The van der Waals surface area contributed by atoms with Crippen molar-refractivity contribution in [1.29, 1.82) is 0 Å². The van der Waals surface area contributed by atoms with E-state index in [1.807, 2.05) is 62.4 Å². The van der Waals surface area contributed by atoms with E-state index < -0.39 is 8.53 Å². The second-order valence-electron chi connectivity index (χ2n) is 4.15. The SMILES string of the molecule is Cc1ccccc1N(c1ccccc1C)P(O)O. The van der Waals surface area contributed by atoms with Crippen molar-refractivity contribution in [2.24, 2.45) is 0 Å². The number of para-hydroxylation sites is 2. The van der Waals surface area contributed by atoms with Crippen LogP contribution in [0.1, 0.15) is 11.1 Å². The van der Waals surface area contributed by atoms with Crippen molar-refractivity contribution in [3.8, 4) is 0 Å². The predicted octanol–water partition coefficient (Wildman–Crippen LogP) is 3.65. The third kappa shape index (κ3) is 2.54. The number of hydrogen-bond acceptors (Lipinski definition) is 3. The Bertz CT molecular complexity index is 497. The number of rotatable bonds is 3. The lowest BCUT2D eigenvalue weighted by atomic mass is 10.1. The molecule has 94 valence electrons. The van der Waals surface area contributed by atoms with Crippen LogP contribution in [0.2, 0.25) is 0 Å². The van der Waals surface area contributed by atoms with Gasteiger partial charge in [0.25, 0.3) is 8.53 Å². The van der Waals surface area contributed by atoms with Crippen molar-refractivity contribution in [3.63, 3.8) is 0 Å². The van der Waals surface area contributed by atoms with Crippen molar-refractivity contribution in [2.45, 2.75) is 13.8 Å². The van der Waals surface area contributed by atoms with E-state index >= 15 is 0 Å². The highest BCUT2D eigenvalue weighted by Crippen LogP contribution is 2.45. The van der Waals surface area contributed by atoms with Gasteiger partial charge in [-0.2, -0.15) is 0 Å². The summed E-state index contributed by atoms with van der Waals surface area (Å²) in [7, 11) is -2.22. The topological polar surface area (TPSA) is 43.7 Å². The summed E-state index contributed by atoms with van der Waals surface area (Å²) >= 11 is 0. The fraction of sp³-hybridized carbons (Fsp3) is 0.143. The molecular weight excluding hydrogens is 245 g/mol. The number of aryl methyl sites for hydroxylation is 2. The summed E-state index contributed by atoms with van der Waals surface area (Å²) in [6.07, 6.45) is 0. The van der Waals surface area contributed by atoms with Gasteiger partial charge in [0.2, 0.25) is 0 Å². The molecule has 0 aliphatic carbocycles. The van der Waals surface area contributed by atoms with E-state index in [1.54, 1.807) is 4.67 Å². The number of nitrogens with zero attached hydrogens (tertiary/aromatic N) is 1. The molecule has 0 atom stereocenters. The lowest BCUT2D eigenvalue weighted by Crippen LogP contribution is -2.12. The van der Waals surface area contributed by atoms with E-state index in [-0.39, 0.29) is 0 Å². The van der Waals surface area contributed by atoms with Crippen LogP contribution in [0.15, 0.2) is 48.5 Å². The molecule has 4 heteroatoms. The number of benzene rings is 2. The molecule has 18 heavy (non-hydrogen) atoms. The molecule has 0 radical (unpaired) electrons. The van der Waals surface area contributed by atoms with Crippen molar-refractivity contribution in [1.82, 2.24) is 0 Å². The van der Waals surface area contributed by atoms with E-state index in [9.17, 15) is 9.79 Å². The maximum atomic E-state index is 9.71. The van der Waals surface area contributed by atoms with Crippen LogP contribution >= 0.6 is 8.53 Å². The minimum absolute atomic E-state index is 0.822. The van der Waals surface area contributed by atoms with E-state index in [1.165, 1.54) is 0 Å². The van der Waals surface area contributed by atoms with Crippen LogP contribution in [0.25, 0.3) is 0 Å². The molecule has 0 spiro atoms. The molecule has 0 aliphatic rings. The molecule has 3 nitrogen and oxygen atoms in total. The minimum Gasteiger partial charge on any atom is -0.333 e. The quantitative estimate of drug-likeness (QED) is 0.829. The lowest BCUT2D eigenvalue weighted by Gasteiger charge is -2.27. The van der Waals surface area contributed by atoms with Gasteiger partial charge in [-0.3, -0.25) is 4.67 Å². The Balaban J connectivity index is 2.55. The molecule has 0 saturated carbocycles. The zero-order valence-electron chi connectivity index (χ0n) is 10.4. The van der Waals surface area contributed by atoms with Gasteiger partial charge in [-0.1, -0.05) is 36.4 Å². The van der Waals surface area contributed by atoms with Crippen LogP contribution in [0, 0.1) is 13.8 Å². The van der Waals surface area contributed by atoms with Crippen molar-refractivity contribution in [2.75, 3.05) is 4.67 Å². The zero-order valence-corrected chi connectivity index (χ0v) is 11.3. The van der Waals surface area contributed by atoms with E-state index in [2.05, 4.69) is 0 Å². The van der Waals surface area contributed by atoms with Crippen LogP contribution in [0.4, 0.5) is 11.4 Å². The monoisotopic (exact) mass is 261 g/mol. The molecular formula is C14H16NO2P. The van der Waals surface area contributed by atoms with E-state index in [0.717, 1.165) is 22.5 Å². The Kier molecular flexibility index (Phi) is 3.97. The molecule has 0 aliphatic heterocycles.